The van der Waals surface area contributed by atoms with Crippen molar-refractivity contribution in [2.45, 2.75) is 18.6 Å². The summed E-state index contributed by atoms with van der Waals surface area (Å²) >= 11 is 9.87. The van der Waals surface area contributed by atoms with Crippen molar-refractivity contribution in [3.8, 4) is 6.07 Å². The molecular formula is C5H7NS3. The van der Waals surface area contributed by atoms with Crippen LogP contribution in [-0.2, 0) is 0 Å². The summed E-state index contributed by atoms with van der Waals surface area (Å²) in [5.41, 5.74) is 0. The van der Waals surface area contributed by atoms with Gasteiger partial charge in [0.05, 0.1) is 6.07 Å². The minimum absolute atomic E-state index is 0.432. The first-order chi connectivity index (χ1) is 3.98. The lowest BCUT2D eigenvalue weighted by Crippen LogP contribution is -2.11. The van der Waals surface area contributed by atoms with E-state index in [1.807, 2.05) is 0 Å². The van der Waals surface area contributed by atoms with Gasteiger partial charge in [0, 0.05) is 0 Å². The first kappa shape index (κ1) is 9.28. The third kappa shape index (κ3) is 4.76. The molecular weight excluding hydrogens is 170 g/mol. The summed E-state index contributed by atoms with van der Waals surface area (Å²) in [5, 5.41) is 8.48. The van der Waals surface area contributed by atoms with Crippen LogP contribution in [0.15, 0.2) is 0 Å². The number of nitrogens with zero attached hydrogens (tertiary/aromatic N) is 1. The van der Waals surface area contributed by atoms with E-state index in [1.165, 1.54) is 11.8 Å². The summed E-state index contributed by atoms with van der Waals surface area (Å²) in [4.78, 5) is 0. The van der Waals surface area contributed by atoms with Crippen LogP contribution in [0.1, 0.15) is 13.8 Å². The minimum Gasteiger partial charge on any atom is -0.197 e. The van der Waals surface area contributed by atoms with E-state index in [9.17, 15) is 0 Å². The predicted octanol–water partition coefficient (Wildman–Crippen LogP) is 2.24. The number of thiol groups is 1. The Balaban J connectivity index is 3.91. The van der Waals surface area contributed by atoms with Gasteiger partial charge in [0.15, 0.2) is 0 Å². The average molecular weight is 177 g/mol. The van der Waals surface area contributed by atoms with Crippen LogP contribution < -0.4 is 0 Å². The fraction of sp³-hybridized carbons (Fsp3) is 0.600. The number of thioether (sulfide) groups is 1. The normalized spacial score (nSPS) is 10.4. The maximum atomic E-state index is 8.48. The number of hydrogen-bond donors (Lipinski definition) is 1. The minimum atomic E-state index is -0.432. The largest absolute Gasteiger partial charge is 0.197 e. The first-order valence-electron chi connectivity index (χ1n) is 2.31. The Morgan fingerprint density at radius 3 is 2.33 bits per heavy atom. The second-order valence-corrected chi connectivity index (χ2v) is 5.34. The summed E-state index contributed by atoms with van der Waals surface area (Å²) in [6, 6.07) is 2.10. The Bertz CT molecular complexity index is 156. The molecule has 0 rings (SSSR count). The molecule has 0 spiro atoms. The third-order valence-corrected chi connectivity index (χ3v) is 1.91. The molecule has 0 heterocycles. The molecule has 50 valence electrons. The monoisotopic (exact) mass is 177 g/mol. The van der Waals surface area contributed by atoms with Crippen LogP contribution in [0, 0.1) is 11.3 Å². The Morgan fingerprint density at radius 1 is 1.78 bits per heavy atom. The van der Waals surface area contributed by atoms with Gasteiger partial charge in [-0.05, 0) is 13.8 Å². The van der Waals surface area contributed by atoms with Gasteiger partial charge >= 0.3 is 0 Å². The zero-order valence-electron chi connectivity index (χ0n) is 5.21. The van der Waals surface area contributed by atoms with Gasteiger partial charge in [-0.2, -0.15) is 5.26 Å². The first-order valence-corrected chi connectivity index (χ1v) is 3.98. The fourth-order valence-electron chi connectivity index (χ4n) is 0.241. The molecule has 0 bridgehead atoms. The highest BCUT2D eigenvalue weighted by Gasteiger charge is 2.17. The summed E-state index contributed by atoms with van der Waals surface area (Å²) in [7, 11) is 0. The maximum absolute atomic E-state index is 8.48. The molecule has 0 aromatic carbocycles. The van der Waals surface area contributed by atoms with Gasteiger partial charge in [0.25, 0.3) is 0 Å². The molecule has 0 aromatic heterocycles. The fourth-order valence-corrected chi connectivity index (χ4v) is 2.03. The highest BCUT2D eigenvalue weighted by Crippen LogP contribution is 2.25. The van der Waals surface area contributed by atoms with E-state index in [0.29, 0.717) is 3.53 Å². The van der Waals surface area contributed by atoms with Crippen LogP contribution in [0.25, 0.3) is 0 Å². The smallest absolute Gasteiger partial charge is 0.103 e. The molecule has 0 saturated carbocycles. The van der Waals surface area contributed by atoms with E-state index in [-0.39, 0.29) is 0 Å². The predicted molar refractivity (Wildman–Crippen MR) is 48.9 cm³/mol. The van der Waals surface area contributed by atoms with Gasteiger partial charge in [-0.1, -0.05) is 24.0 Å². The van der Waals surface area contributed by atoms with E-state index >= 15 is 0 Å². The molecule has 0 amide bonds. The van der Waals surface area contributed by atoms with Gasteiger partial charge in [-0.3, -0.25) is 0 Å². The Hall–Kier alpha value is 0.280. The molecule has 9 heavy (non-hydrogen) atoms. The van der Waals surface area contributed by atoms with Crippen LogP contribution in [0.2, 0.25) is 0 Å². The highest BCUT2D eigenvalue weighted by molar-refractivity contribution is 8.42. The van der Waals surface area contributed by atoms with Gasteiger partial charge in [-0.15, -0.1) is 12.6 Å². The molecule has 0 saturated heterocycles. The highest BCUT2D eigenvalue weighted by atomic mass is 32.2. The Morgan fingerprint density at radius 2 is 2.22 bits per heavy atom. The molecule has 0 N–H and O–H groups in total. The molecule has 0 aliphatic carbocycles. The van der Waals surface area contributed by atoms with Crippen molar-refractivity contribution in [3.63, 3.8) is 0 Å². The summed E-state index contributed by atoms with van der Waals surface area (Å²) in [5.74, 6) is 0. The van der Waals surface area contributed by atoms with E-state index in [4.69, 9.17) is 5.26 Å². The van der Waals surface area contributed by atoms with E-state index in [2.05, 4.69) is 30.9 Å². The summed E-state index contributed by atoms with van der Waals surface area (Å²) < 4.78 is 0.0836. The van der Waals surface area contributed by atoms with Crippen molar-refractivity contribution in [1.82, 2.24) is 0 Å². The van der Waals surface area contributed by atoms with Crippen LogP contribution >= 0.6 is 36.6 Å². The summed E-state index contributed by atoms with van der Waals surface area (Å²) in [6.45, 7) is 3.61. The maximum Gasteiger partial charge on any atom is 0.103 e. The van der Waals surface area contributed by atoms with Crippen molar-refractivity contribution in [1.29, 1.82) is 5.26 Å². The van der Waals surface area contributed by atoms with Crippen molar-refractivity contribution in [2.75, 3.05) is 0 Å². The van der Waals surface area contributed by atoms with Crippen LogP contribution in [-0.4, -0.2) is 8.28 Å². The standard InChI is InChI=1S/C5H7NS3/c1-5(2,3-6)9-4(7)8/h1-2H3,(H,7,8). The number of nitriles is 1. The lowest BCUT2D eigenvalue weighted by atomic mass is 10.2. The third-order valence-electron chi connectivity index (χ3n) is 0.612. The molecule has 0 aliphatic rings. The molecule has 0 aromatic rings. The molecule has 4 heteroatoms. The van der Waals surface area contributed by atoms with Crippen molar-refractivity contribution < 1.29 is 0 Å². The number of hydrogen-bond acceptors (Lipinski definition) is 3. The second kappa shape index (κ2) is 3.45. The molecule has 1 nitrogen and oxygen atoms in total. The molecule has 0 atom stereocenters. The quantitative estimate of drug-likeness (QED) is 0.491. The zero-order valence-corrected chi connectivity index (χ0v) is 7.74. The number of rotatable bonds is 1. The molecule has 0 radical (unpaired) electrons. The molecule has 0 fully saturated rings. The van der Waals surface area contributed by atoms with Crippen molar-refractivity contribution >= 4 is 40.1 Å². The lowest BCUT2D eigenvalue weighted by molar-refractivity contribution is 0.921. The van der Waals surface area contributed by atoms with Gasteiger partial charge in [-0.25, -0.2) is 0 Å². The van der Waals surface area contributed by atoms with E-state index in [0.717, 1.165) is 0 Å². The van der Waals surface area contributed by atoms with E-state index < -0.39 is 4.75 Å². The topological polar surface area (TPSA) is 23.8 Å². The average Bonchev–Trinajstić information content (AvgIpc) is 1.63. The summed E-state index contributed by atoms with van der Waals surface area (Å²) in [6.07, 6.45) is 0. The molecule has 0 aliphatic heterocycles. The van der Waals surface area contributed by atoms with E-state index in [1.54, 1.807) is 13.8 Å². The SMILES string of the molecule is CC(C)(C#N)SC(=S)S. The van der Waals surface area contributed by atoms with Crippen molar-refractivity contribution in [3.05, 3.63) is 0 Å². The van der Waals surface area contributed by atoms with Gasteiger partial charge in [0.1, 0.15) is 8.28 Å². The van der Waals surface area contributed by atoms with Crippen molar-refractivity contribution in [2.24, 2.45) is 0 Å². The van der Waals surface area contributed by atoms with Crippen LogP contribution in [0.5, 0.6) is 0 Å². The second-order valence-electron chi connectivity index (χ2n) is 1.99. The number of thiocarbonyl (C=S) groups is 1. The Kier molecular flexibility index (Phi) is 3.56. The zero-order chi connectivity index (χ0) is 7.49. The Labute approximate surface area is 70.2 Å². The van der Waals surface area contributed by atoms with Crippen LogP contribution in [0.4, 0.5) is 0 Å². The van der Waals surface area contributed by atoms with Gasteiger partial charge in [0.2, 0.25) is 0 Å². The van der Waals surface area contributed by atoms with Crippen LogP contribution in [0.3, 0.4) is 0 Å². The lowest BCUT2D eigenvalue weighted by Gasteiger charge is -2.11. The van der Waals surface area contributed by atoms with Gasteiger partial charge < -0.3 is 0 Å². The molecule has 0 unspecified atom stereocenters.